The Morgan fingerprint density at radius 3 is 2.45 bits per heavy atom. The van der Waals surface area contributed by atoms with Crippen LogP contribution in [0.1, 0.15) is 0 Å². The van der Waals surface area contributed by atoms with E-state index in [1.165, 1.54) is 0 Å². The minimum atomic E-state index is -0.927. The summed E-state index contributed by atoms with van der Waals surface area (Å²) in [5, 5.41) is 3.69. The van der Waals surface area contributed by atoms with Crippen LogP contribution in [-0.4, -0.2) is 20.9 Å². The Balaban J connectivity index is 0.00000242. The molecule has 2 aromatic rings. The van der Waals surface area contributed by atoms with Gasteiger partial charge in [0.2, 0.25) is 0 Å². The molecule has 120 valence electrons. The second kappa shape index (κ2) is 7.61. The molecule has 0 aliphatic rings. The number of nitrogens with two attached hydrogens (primary N) is 1. The van der Waals surface area contributed by atoms with Crippen molar-refractivity contribution in [3.05, 3.63) is 57.0 Å². The summed E-state index contributed by atoms with van der Waals surface area (Å²) >= 11 is 2.94. The van der Waals surface area contributed by atoms with E-state index < -0.39 is 23.0 Å². The molecule has 0 aliphatic heterocycles. The Morgan fingerprint density at radius 1 is 1.36 bits per heavy atom. The number of halogens is 5. The highest BCUT2D eigenvalue weighted by Gasteiger charge is 2.17. The molecule has 1 aromatic carbocycles. The second-order valence-electron chi connectivity index (χ2n) is 4.13. The molecule has 0 fully saturated rings. The van der Waals surface area contributed by atoms with Crippen LogP contribution in [0.4, 0.5) is 13.2 Å². The van der Waals surface area contributed by atoms with Gasteiger partial charge in [-0.05, 0) is 17.7 Å². The van der Waals surface area contributed by atoms with Gasteiger partial charge in [-0.1, -0.05) is 15.9 Å². The number of hydrogen-bond acceptors (Lipinski definition) is 3. The van der Waals surface area contributed by atoms with Gasteiger partial charge in [-0.3, -0.25) is 0 Å². The zero-order chi connectivity index (χ0) is 15.6. The van der Waals surface area contributed by atoms with Gasteiger partial charge in [-0.2, -0.15) is 5.10 Å². The predicted molar refractivity (Wildman–Crippen MR) is 80.9 cm³/mol. The maximum atomic E-state index is 13.8. The first kappa shape index (κ1) is 18.5. The highest BCUT2D eigenvalue weighted by molar-refractivity contribution is 9.10. The van der Waals surface area contributed by atoms with Crippen LogP contribution < -0.4 is 11.4 Å². The van der Waals surface area contributed by atoms with Crippen molar-refractivity contribution in [2.24, 2.45) is 5.73 Å². The minimum Gasteiger partial charge on any atom is -0.327 e. The monoisotopic (exact) mass is 398 g/mol. The van der Waals surface area contributed by atoms with Crippen LogP contribution >= 0.6 is 28.3 Å². The molecule has 0 unspecified atom stereocenters. The van der Waals surface area contributed by atoms with Crippen LogP contribution in [0.2, 0.25) is 0 Å². The topological polar surface area (TPSA) is 65.8 Å². The molecule has 0 saturated heterocycles. The van der Waals surface area contributed by atoms with Gasteiger partial charge in [0.1, 0.15) is 12.0 Å². The van der Waals surface area contributed by atoms with E-state index in [-0.39, 0.29) is 41.9 Å². The van der Waals surface area contributed by atoms with Gasteiger partial charge in [0.25, 0.3) is 0 Å². The quantitative estimate of drug-likeness (QED) is 0.858. The zero-order valence-corrected chi connectivity index (χ0v) is 13.4. The van der Waals surface area contributed by atoms with Crippen molar-refractivity contribution in [3.63, 3.8) is 0 Å². The number of aromatic nitrogens is 3. The summed E-state index contributed by atoms with van der Waals surface area (Å²) in [6, 6.07) is 2.05. The maximum Gasteiger partial charge on any atom is 0.350 e. The molecule has 22 heavy (non-hydrogen) atoms. The third kappa shape index (κ3) is 3.60. The summed E-state index contributed by atoms with van der Waals surface area (Å²) < 4.78 is 41.9. The highest BCUT2D eigenvalue weighted by atomic mass is 79.9. The molecule has 0 radical (unpaired) electrons. The Kier molecular flexibility index (Phi) is 6.39. The summed E-state index contributed by atoms with van der Waals surface area (Å²) in [5.74, 6) is -1.85. The summed E-state index contributed by atoms with van der Waals surface area (Å²) in [5.41, 5.74) is 4.05. The van der Waals surface area contributed by atoms with Crippen LogP contribution in [0, 0.1) is 11.6 Å². The molecule has 0 atom stereocenters. The fraction of sp³-hybridized carbons (Fsp3) is 0.167. The molecular formula is C12H11BrClF3N4O. The normalized spacial score (nSPS) is 11.4. The zero-order valence-electron chi connectivity index (χ0n) is 11.0. The van der Waals surface area contributed by atoms with Crippen molar-refractivity contribution in [3.8, 4) is 5.69 Å². The van der Waals surface area contributed by atoms with E-state index in [9.17, 15) is 18.0 Å². The molecule has 5 nitrogen and oxygen atoms in total. The molecule has 0 spiro atoms. The van der Waals surface area contributed by atoms with Crippen LogP contribution in [0.25, 0.3) is 5.69 Å². The lowest BCUT2D eigenvalue weighted by atomic mass is 10.3. The fourth-order valence-corrected chi connectivity index (χ4v) is 2.10. The van der Waals surface area contributed by atoms with Gasteiger partial charge in [0, 0.05) is 11.0 Å². The molecule has 2 rings (SSSR count). The van der Waals surface area contributed by atoms with E-state index in [1.54, 1.807) is 0 Å². The largest absolute Gasteiger partial charge is 0.350 e. The van der Waals surface area contributed by atoms with E-state index in [1.807, 2.05) is 0 Å². The third-order valence-electron chi connectivity index (χ3n) is 2.73. The van der Waals surface area contributed by atoms with Gasteiger partial charge in [-0.15, -0.1) is 12.4 Å². The van der Waals surface area contributed by atoms with E-state index >= 15 is 0 Å². The summed E-state index contributed by atoms with van der Waals surface area (Å²) in [4.78, 5) is 12.1. The third-order valence-corrected chi connectivity index (χ3v) is 3.18. The van der Waals surface area contributed by atoms with Gasteiger partial charge >= 0.3 is 5.69 Å². The maximum absolute atomic E-state index is 13.8. The fourth-order valence-electron chi connectivity index (χ4n) is 1.70. The van der Waals surface area contributed by atoms with Crippen molar-refractivity contribution < 1.29 is 13.2 Å². The number of benzene rings is 1. The van der Waals surface area contributed by atoms with Crippen LogP contribution in [-0.2, 0) is 6.54 Å². The molecule has 0 amide bonds. The van der Waals surface area contributed by atoms with Crippen molar-refractivity contribution in [2.45, 2.75) is 6.54 Å². The SMILES string of the molecule is Cl.NC/C(=C\F)Cn1ncn(-c2c(F)cc(Br)cc2F)c1=O. The Morgan fingerprint density at radius 2 is 1.95 bits per heavy atom. The van der Waals surface area contributed by atoms with E-state index in [2.05, 4.69) is 21.0 Å². The molecule has 0 aliphatic carbocycles. The Bertz CT molecular complexity index is 736. The molecule has 1 aromatic heterocycles. The smallest absolute Gasteiger partial charge is 0.327 e. The Labute approximate surface area is 137 Å². The van der Waals surface area contributed by atoms with Crippen LogP contribution in [0.3, 0.4) is 0 Å². The average molecular weight is 400 g/mol. The van der Waals surface area contributed by atoms with Crippen molar-refractivity contribution in [1.82, 2.24) is 14.3 Å². The first-order valence-electron chi connectivity index (χ1n) is 5.75. The number of rotatable bonds is 4. The van der Waals surface area contributed by atoms with Crippen molar-refractivity contribution in [1.29, 1.82) is 0 Å². The molecule has 2 N–H and O–H groups in total. The molecule has 10 heteroatoms. The van der Waals surface area contributed by atoms with Crippen LogP contribution in [0.5, 0.6) is 0 Å². The Hall–Kier alpha value is -1.58. The van der Waals surface area contributed by atoms with E-state index in [0.717, 1.165) is 23.1 Å². The van der Waals surface area contributed by atoms with Crippen LogP contribution in [0.15, 0.2) is 39.6 Å². The molecule has 0 saturated carbocycles. The first-order chi connectivity index (χ1) is 9.97. The van der Waals surface area contributed by atoms with Gasteiger partial charge in [0.05, 0.1) is 12.9 Å². The summed E-state index contributed by atoms with van der Waals surface area (Å²) in [6.07, 6.45) is 1.23. The van der Waals surface area contributed by atoms with Gasteiger partial charge < -0.3 is 5.73 Å². The summed E-state index contributed by atoms with van der Waals surface area (Å²) in [6.45, 7) is -0.296. The molecule has 0 bridgehead atoms. The predicted octanol–water partition coefficient (Wildman–Crippen LogP) is 2.31. The lowest BCUT2D eigenvalue weighted by molar-refractivity contribution is 0.561. The number of nitrogens with zero attached hydrogens (tertiary/aromatic N) is 3. The van der Waals surface area contributed by atoms with Crippen molar-refractivity contribution in [2.75, 3.05) is 6.54 Å². The standard InChI is InChI=1S/C12H10BrF3N4O.ClH/c13-8-1-9(15)11(10(16)2-8)19-6-18-20(12(19)21)5-7(3-14)4-17;/h1-3,6H,4-5,17H2;1H/b7-3+;. The van der Waals surface area contributed by atoms with E-state index in [4.69, 9.17) is 5.73 Å². The van der Waals surface area contributed by atoms with E-state index in [0.29, 0.717) is 4.57 Å². The van der Waals surface area contributed by atoms with Crippen molar-refractivity contribution >= 4 is 28.3 Å². The minimum absolute atomic E-state index is 0. The first-order valence-corrected chi connectivity index (χ1v) is 6.54. The molecule has 1 heterocycles. The van der Waals surface area contributed by atoms with Gasteiger partial charge in [0.15, 0.2) is 11.6 Å². The average Bonchev–Trinajstić information content (AvgIpc) is 2.77. The highest BCUT2D eigenvalue weighted by Crippen LogP contribution is 2.21. The number of hydrogen-bond donors (Lipinski definition) is 1. The molecular weight excluding hydrogens is 389 g/mol. The second-order valence-corrected chi connectivity index (χ2v) is 5.05. The van der Waals surface area contributed by atoms with Gasteiger partial charge in [-0.25, -0.2) is 27.2 Å². The lowest BCUT2D eigenvalue weighted by Crippen LogP contribution is -2.26. The lowest BCUT2D eigenvalue weighted by Gasteiger charge is -2.05. The summed E-state index contributed by atoms with van der Waals surface area (Å²) in [7, 11) is 0.